The van der Waals surface area contributed by atoms with E-state index in [9.17, 15) is 0 Å². The van der Waals surface area contributed by atoms with Gasteiger partial charge in [0.15, 0.2) is 0 Å². The van der Waals surface area contributed by atoms with Crippen molar-refractivity contribution in [2.24, 2.45) is 5.73 Å². The fraction of sp³-hybridized carbons (Fsp3) is 0.647. The molecule has 2 fully saturated rings. The summed E-state index contributed by atoms with van der Waals surface area (Å²) >= 11 is 0. The van der Waals surface area contributed by atoms with E-state index in [2.05, 4.69) is 48.0 Å². The largest absolute Gasteiger partial charge is 0.329 e. The Morgan fingerprint density at radius 3 is 2.90 bits per heavy atom. The van der Waals surface area contributed by atoms with Crippen LogP contribution in [0.2, 0.25) is 0 Å². The number of nitrogens with two attached hydrogens (primary N) is 1. The molecule has 1 aromatic carbocycles. The first-order valence-electron chi connectivity index (χ1n) is 7.87. The zero-order valence-electron chi connectivity index (χ0n) is 12.8. The van der Waals surface area contributed by atoms with Gasteiger partial charge < -0.3 is 5.73 Å². The topological polar surface area (TPSA) is 32.5 Å². The molecule has 0 radical (unpaired) electrons. The van der Waals surface area contributed by atoms with Gasteiger partial charge in [-0.2, -0.15) is 0 Å². The van der Waals surface area contributed by atoms with Gasteiger partial charge in [-0.3, -0.25) is 9.80 Å². The van der Waals surface area contributed by atoms with E-state index in [-0.39, 0.29) is 5.54 Å². The van der Waals surface area contributed by atoms with Crippen LogP contribution in [0, 0.1) is 6.92 Å². The number of hydrogen-bond donors (Lipinski definition) is 1. The SMILES string of the molecule is Cc1ccccc1CN(C)C1(CN)CCN2CCCC21. The average molecular weight is 273 g/mol. The molecule has 2 aliphatic rings. The van der Waals surface area contributed by atoms with Crippen LogP contribution in [-0.2, 0) is 6.54 Å². The Balaban J connectivity index is 1.81. The van der Waals surface area contributed by atoms with Crippen LogP contribution in [0.15, 0.2) is 24.3 Å². The third-order valence-corrected chi connectivity index (χ3v) is 5.60. The fourth-order valence-corrected chi connectivity index (χ4v) is 4.25. The summed E-state index contributed by atoms with van der Waals surface area (Å²) in [4.78, 5) is 5.19. The number of aryl methyl sites for hydroxylation is 1. The first kappa shape index (κ1) is 14.1. The Bertz CT molecular complexity index is 473. The molecule has 0 amide bonds. The van der Waals surface area contributed by atoms with Gasteiger partial charge in [-0.25, -0.2) is 0 Å². The number of hydrogen-bond acceptors (Lipinski definition) is 3. The molecule has 2 atom stereocenters. The van der Waals surface area contributed by atoms with Crippen molar-refractivity contribution in [3.63, 3.8) is 0 Å². The summed E-state index contributed by atoms with van der Waals surface area (Å²) in [6.07, 6.45) is 3.87. The highest BCUT2D eigenvalue weighted by Gasteiger charge is 2.50. The second-order valence-electron chi connectivity index (χ2n) is 6.53. The van der Waals surface area contributed by atoms with Gasteiger partial charge >= 0.3 is 0 Å². The lowest BCUT2D eigenvalue weighted by atomic mass is 9.86. The maximum absolute atomic E-state index is 6.25. The molecule has 110 valence electrons. The second-order valence-corrected chi connectivity index (χ2v) is 6.53. The predicted molar refractivity (Wildman–Crippen MR) is 83.6 cm³/mol. The molecule has 1 aromatic rings. The van der Waals surface area contributed by atoms with E-state index in [4.69, 9.17) is 5.73 Å². The van der Waals surface area contributed by atoms with E-state index >= 15 is 0 Å². The van der Waals surface area contributed by atoms with Crippen LogP contribution in [0.1, 0.15) is 30.4 Å². The Kier molecular flexibility index (Phi) is 3.85. The smallest absolute Gasteiger partial charge is 0.0499 e. The number of likely N-dealkylation sites (N-methyl/N-ethyl adjacent to an activating group) is 1. The van der Waals surface area contributed by atoms with E-state index < -0.39 is 0 Å². The molecule has 2 saturated heterocycles. The van der Waals surface area contributed by atoms with E-state index in [0.717, 1.165) is 13.1 Å². The molecule has 0 aliphatic carbocycles. The lowest BCUT2D eigenvalue weighted by molar-refractivity contribution is 0.0839. The normalized spacial score (nSPS) is 30.1. The van der Waals surface area contributed by atoms with Crippen molar-refractivity contribution in [2.45, 2.75) is 44.3 Å². The third kappa shape index (κ3) is 2.18. The van der Waals surface area contributed by atoms with Crippen molar-refractivity contribution in [1.82, 2.24) is 9.80 Å². The lowest BCUT2D eigenvalue weighted by Gasteiger charge is -2.42. The van der Waals surface area contributed by atoms with Crippen molar-refractivity contribution < 1.29 is 0 Å². The Labute approximate surface area is 122 Å². The first-order valence-corrected chi connectivity index (χ1v) is 7.87. The molecular weight excluding hydrogens is 246 g/mol. The monoisotopic (exact) mass is 273 g/mol. The maximum Gasteiger partial charge on any atom is 0.0499 e. The van der Waals surface area contributed by atoms with Crippen LogP contribution < -0.4 is 5.73 Å². The molecule has 2 N–H and O–H groups in total. The maximum atomic E-state index is 6.25. The quantitative estimate of drug-likeness (QED) is 0.910. The summed E-state index contributed by atoms with van der Waals surface area (Å²) in [5.74, 6) is 0. The third-order valence-electron chi connectivity index (χ3n) is 5.60. The summed E-state index contributed by atoms with van der Waals surface area (Å²) in [7, 11) is 2.26. The highest BCUT2D eigenvalue weighted by Crippen LogP contribution is 2.39. The second kappa shape index (κ2) is 5.47. The van der Waals surface area contributed by atoms with Crippen LogP contribution in [0.3, 0.4) is 0 Å². The van der Waals surface area contributed by atoms with Gasteiger partial charge in [0, 0.05) is 31.2 Å². The van der Waals surface area contributed by atoms with E-state index in [1.54, 1.807) is 0 Å². The minimum absolute atomic E-state index is 0.179. The minimum atomic E-state index is 0.179. The van der Waals surface area contributed by atoms with Gasteiger partial charge in [0.25, 0.3) is 0 Å². The molecule has 2 unspecified atom stereocenters. The summed E-state index contributed by atoms with van der Waals surface area (Å²) in [6.45, 7) is 6.48. The highest BCUT2D eigenvalue weighted by molar-refractivity contribution is 5.26. The van der Waals surface area contributed by atoms with Crippen LogP contribution in [-0.4, -0.2) is 48.1 Å². The molecule has 3 rings (SSSR count). The molecule has 20 heavy (non-hydrogen) atoms. The lowest BCUT2D eigenvalue weighted by Crippen LogP contribution is -2.58. The van der Waals surface area contributed by atoms with Crippen molar-refractivity contribution in [3.05, 3.63) is 35.4 Å². The van der Waals surface area contributed by atoms with Crippen LogP contribution in [0.5, 0.6) is 0 Å². The zero-order chi connectivity index (χ0) is 14.2. The standard InChI is InChI=1S/C17H27N3/c1-14-6-3-4-7-15(14)12-19(2)17(13-18)9-11-20-10-5-8-16(17)20/h3-4,6-7,16H,5,8-13,18H2,1-2H3. The fourth-order valence-electron chi connectivity index (χ4n) is 4.25. The van der Waals surface area contributed by atoms with Crippen molar-refractivity contribution in [3.8, 4) is 0 Å². The molecule has 2 heterocycles. The van der Waals surface area contributed by atoms with Crippen molar-refractivity contribution in [2.75, 3.05) is 26.7 Å². The Morgan fingerprint density at radius 2 is 2.15 bits per heavy atom. The number of rotatable bonds is 4. The summed E-state index contributed by atoms with van der Waals surface area (Å²) in [6, 6.07) is 9.38. The molecule has 3 heteroatoms. The van der Waals surface area contributed by atoms with Gasteiger partial charge in [-0.15, -0.1) is 0 Å². The average Bonchev–Trinajstić information content (AvgIpc) is 3.03. The summed E-state index contributed by atoms with van der Waals surface area (Å²) in [5, 5.41) is 0. The van der Waals surface area contributed by atoms with Gasteiger partial charge in [0.1, 0.15) is 0 Å². The molecular formula is C17H27N3. The molecule has 0 saturated carbocycles. The minimum Gasteiger partial charge on any atom is -0.329 e. The van der Waals surface area contributed by atoms with Gasteiger partial charge in [0.05, 0.1) is 0 Å². The van der Waals surface area contributed by atoms with Crippen molar-refractivity contribution in [1.29, 1.82) is 0 Å². The van der Waals surface area contributed by atoms with Crippen LogP contribution >= 0.6 is 0 Å². The molecule has 3 nitrogen and oxygen atoms in total. The Morgan fingerprint density at radius 1 is 1.35 bits per heavy atom. The van der Waals surface area contributed by atoms with Gasteiger partial charge in [0.2, 0.25) is 0 Å². The molecule has 2 aliphatic heterocycles. The number of fused-ring (bicyclic) bond motifs is 1. The molecule has 0 aromatic heterocycles. The van der Waals surface area contributed by atoms with Gasteiger partial charge in [-0.1, -0.05) is 24.3 Å². The van der Waals surface area contributed by atoms with E-state index in [1.807, 2.05) is 0 Å². The highest BCUT2D eigenvalue weighted by atomic mass is 15.3. The van der Waals surface area contributed by atoms with Crippen LogP contribution in [0.4, 0.5) is 0 Å². The van der Waals surface area contributed by atoms with Gasteiger partial charge in [-0.05, 0) is 50.9 Å². The van der Waals surface area contributed by atoms with E-state index in [1.165, 1.54) is 43.5 Å². The number of benzene rings is 1. The first-order chi connectivity index (χ1) is 9.67. The summed E-state index contributed by atoms with van der Waals surface area (Å²) < 4.78 is 0. The predicted octanol–water partition coefficient (Wildman–Crippen LogP) is 1.99. The molecule has 0 spiro atoms. The van der Waals surface area contributed by atoms with E-state index in [0.29, 0.717) is 6.04 Å². The zero-order valence-corrected chi connectivity index (χ0v) is 12.8. The molecule has 0 bridgehead atoms. The Hall–Kier alpha value is -0.900. The number of nitrogens with zero attached hydrogens (tertiary/aromatic N) is 2. The summed E-state index contributed by atoms with van der Waals surface area (Å²) in [5.41, 5.74) is 9.24. The van der Waals surface area contributed by atoms with Crippen molar-refractivity contribution >= 4 is 0 Å². The van der Waals surface area contributed by atoms with Crippen LogP contribution in [0.25, 0.3) is 0 Å².